The van der Waals surface area contributed by atoms with Gasteiger partial charge in [0.25, 0.3) is 0 Å². The number of amides is 2. The molecule has 0 saturated carbocycles. The quantitative estimate of drug-likeness (QED) is 0.929. The Labute approximate surface area is 130 Å². The van der Waals surface area contributed by atoms with E-state index >= 15 is 0 Å². The largest absolute Gasteiger partial charge is 0.343 e. The second-order valence-electron chi connectivity index (χ2n) is 5.88. The predicted octanol–water partition coefficient (Wildman–Crippen LogP) is 3.11. The third kappa shape index (κ3) is 4.06. The number of nitrogens with zero attached hydrogens (tertiary/aromatic N) is 1. The summed E-state index contributed by atoms with van der Waals surface area (Å²) in [5.41, 5.74) is 1.04. The molecule has 0 radical (unpaired) electrons. The van der Waals surface area contributed by atoms with Crippen molar-refractivity contribution in [3.63, 3.8) is 0 Å². The molecule has 5 heteroatoms. The molecule has 4 nitrogen and oxygen atoms in total. The number of benzene rings is 1. The lowest BCUT2D eigenvalue weighted by atomic mass is 9.95. The molecule has 1 heterocycles. The minimum atomic E-state index is -0.413. The summed E-state index contributed by atoms with van der Waals surface area (Å²) >= 11 is 0. The van der Waals surface area contributed by atoms with Crippen LogP contribution < -0.4 is 5.32 Å². The summed E-state index contributed by atoms with van der Waals surface area (Å²) < 4.78 is 13.8. The molecule has 120 valence electrons. The highest BCUT2D eigenvalue weighted by Crippen LogP contribution is 2.22. The van der Waals surface area contributed by atoms with E-state index < -0.39 is 5.82 Å². The standard InChI is InChI=1S/C17H23FN2O2/c1-3-4-16(21)20-9-7-13(8-10-20)17(22)19-15-6-5-12(2)11-14(15)18/h5-6,11,13H,3-4,7-10H2,1-2H3,(H,19,22). The molecule has 0 bridgehead atoms. The molecule has 0 aromatic heterocycles. The molecule has 1 aromatic rings. The fourth-order valence-corrected chi connectivity index (χ4v) is 2.72. The van der Waals surface area contributed by atoms with Gasteiger partial charge in [-0.25, -0.2) is 4.39 Å². The Bertz CT molecular complexity index is 552. The lowest BCUT2D eigenvalue weighted by Crippen LogP contribution is -2.41. The monoisotopic (exact) mass is 306 g/mol. The van der Waals surface area contributed by atoms with E-state index in [-0.39, 0.29) is 23.4 Å². The van der Waals surface area contributed by atoms with Crippen molar-refractivity contribution in [2.75, 3.05) is 18.4 Å². The van der Waals surface area contributed by atoms with Crippen molar-refractivity contribution >= 4 is 17.5 Å². The van der Waals surface area contributed by atoms with Crippen LogP contribution in [0.1, 0.15) is 38.2 Å². The van der Waals surface area contributed by atoms with Crippen LogP contribution in [0, 0.1) is 18.7 Å². The molecule has 1 saturated heterocycles. The summed E-state index contributed by atoms with van der Waals surface area (Å²) in [6.07, 6.45) is 2.67. The van der Waals surface area contributed by atoms with Crippen molar-refractivity contribution in [3.8, 4) is 0 Å². The molecular weight excluding hydrogens is 283 g/mol. The molecule has 0 spiro atoms. The number of piperidine rings is 1. The van der Waals surface area contributed by atoms with E-state index in [1.54, 1.807) is 19.1 Å². The highest BCUT2D eigenvalue weighted by molar-refractivity contribution is 5.92. The fourth-order valence-electron chi connectivity index (χ4n) is 2.72. The maximum Gasteiger partial charge on any atom is 0.227 e. The van der Waals surface area contributed by atoms with Crippen LogP contribution in [0.3, 0.4) is 0 Å². The van der Waals surface area contributed by atoms with E-state index in [0.717, 1.165) is 12.0 Å². The van der Waals surface area contributed by atoms with E-state index in [1.165, 1.54) is 6.07 Å². The van der Waals surface area contributed by atoms with Crippen molar-refractivity contribution in [1.82, 2.24) is 4.90 Å². The Morgan fingerprint density at radius 2 is 2.00 bits per heavy atom. The smallest absolute Gasteiger partial charge is 0.227 e. The lowest BCUT2D eigenvalue weighted by molar-refractivity contribution is -0.134. The van der Waals surface area contributed by atoms with Gasteiger partial charge in [0.05, 0.1) is 5.69 Å². The molecule has 22 heavy (non-hydrogen) atoms. The highest BCUT2D eigenvalue weighted by Gasteiger charge is 2.27. The second kappa shape index (κ2) is 7.38. The van der Waals surface area contributed by atoms with Crippen LogP contribution in [0.4, 0.5) is 10.1 Å². The van der Waals surface area contributed by atoms with Gasteiger partial charge < -0.3 is 10.2 Å². The van der Waals surface area contributed by atoms with Crippen LogP contribution in [0.25, 0.3) is 0 Å². The van der Waals surface area contributed by atoms with Gasteiger partial charge in [0, 0.05) is 25.4 Å². The Morgan fingerprint density at radius 1 is 1.32 bits per heavy atom. The zero-order valence-corrected chi connectivity index (χ0v) is 13.2. The maximum absolute atomic E-state index is 13.8. The number of anilines is 1. The topological polar surface area (TPSA) is 49.4 Å². The molecule has 2 rings (SSSR count). The Kier molecular flexibility index (Phi) is 5.52. The third-order valence-electron chi connectivity index (χ3n) is 4.06. The number of halogens is 1. The summed E-state index contributed by atoms with van der Waals surface area (Å²) in [7, 11) is 0. The fraction of sp³-hybridized carbons (Fsp3) is 0.529. The van der Waals surface area contributed by atoms with E-state index in [0.29, 0.717) is 32.4 Å². The van der Waals surface area contributed by atoms with Gasteiger partial charge in [-0.1, -0.05) is 13.0 Å². The summed E-state index contributed by atoms with van der Waals surface area (Å²) in [6, 6.07) is 4.76. The van der Waals surface area contributed by atoms with Gasteiger partial charge in [0.15, 0.2) is 0 Å². The van der Waals surface area contributed by atoms with E-state index in [1.807, 2.05) is 11.8 Å². The predicted molar refractivity (Wildman–Crippen MR) is 84.0 cm³/mol. The lowest BCUT2D eigenvalue weighted by Gasteiger charge is -2.31. The van der Waals surface area contributed by atoms with E-state index in [4.69, 9.17) is 0 Å². The van der Waals surface area contributed by atoms with Gasteiger partial charge in [0.2, 0.25) is 11.8 Å². The summed E-state index contributed by atoms with van der Waals surface area (Å²) in [5, 5.41) is 2.66. The van der Waals surface area contributed by atoms with Gasteiger partial charge in [-0.2, -0.15) is 0 Å². The molecule has 1 aliphatic heterocycles. The summed E-state index contributed by atoms with van der Waals surface area (Å²) in [4.78, 5) is 25.9. The first-order valence-corrected chi connectivity index (χ1v) is 7.86. The third-order valence-corrected chi connectivity index (χ3v) is 4.06. The second-order valence-corrected chi connectivity index (χ2v) is 5.88. The zero-order valence-electron chi connectivity index (χ0n) is 13.2. The number of aryl methyl sites for hydroxylation is 1. The molecule has 1 aliphatic rings. The van der Waals surface area contributed by atoms with Gasteiger partial charge >= 0.3 is 0 Å². The number of carbonyl (C=O) groups is 2. The van der Waals surface area contributed by atoms with Crippen LogP contribution in [-0.2, 0) is 9.59 Å². The van der Waals surface area contributed by atoms with E-state index in [2.05, 4.69) is 5.32 Å². The van der Waals surface area contributed by atoms with Crippen LogP contribution in [-0.4, -0.2) is 29.8 Å². The normalized spacial score (nSPS) is 15.7. The molecule has 0 unspecified atom stereocenters. The van der Waals surface area contributed by atoms with Crippen LogP contribution >= 0.6 is 0 Å². The SMILES string of the molecule is CCCC(=O)N1CCC(C(=O)Nc2ccc(C)cc2F)CC1. The number of hydrogen-bond acceptors (Lipinski definition) is 2. The van der Waals surface area contributed by atoms with Crippen LogP contribution in [0.15, 0.2) is 18.2 Å². The molecule has 1 fully saturated rings. The minimum Gasteiger partial charge on any atom is -0.343 e. The average molecular weight is 306 g/mol. The van der Waals surface area contributed by atoms with Gasteiger partial charge in [-0.05, 0) is 43.9 Å². The average Bonchev–Trinajstić information content (AvgIpc) is 2.50. The van der Waals surface area contributed by atoms with Crippen molar-refractivity contribution < 1.29 is 14.0 Å². The minimum absolute atomic E-state index is 0.158. The first kappa shape index (κ1) is 16.5. The molecule has 1 aromatic carbocycles. The number of hydrogen-bond donors (Lipinski definition) is 1. The van der Waals surface area contributed by atoms with Crippen molar-refractivity contribution in [2.45, 2.75) is 39.5 Å². The van der Waals surface area contributed by atoms with Crippen molar-refractivity contribution in [1.29, 1.82) is 0 Å². The Balaban J connectivity index is 1.88. The summed E-state index contributed by atoms with van der Waals surface area (Å²) in [6.45, 7) is 4.99. The Hall–Kier alpha value is -1.91. The van der Waals surface area contributed by atoms with Gasteiger partial charge in [0.1, 0.15) is 5.82 Å². The highest BCUT2D eigenvalue weighted by atomic mass is 19.1. The van der Waals surface area contributed by atoms with Crippen molar-refractivity contribution in [2.24, 2.45) is 5.92 Å². The van der Waals surface area contributed by atoms with Gasteiger partial charge in [-0.15, -0.1) is 0 Å². The molecule has 2 amide bonds. The Morgan fingerprint density at radius 3 is 2.59 bits per heavy atom. The first-order chi connectivity index (χ1) is 10.5. The molecule has 1 N–H and O–H groups in total. The maximum atomic E-state index is 13.8. The zero-order chi connectivity index (χ0) is 16.1. The molecular formula is C17H23FN2O2. The molecule has 0 atom stereocenters. The van der Waals surface area contributed by atoms with Crippen LogP contribution in [0.5, 0.6) is 0 Å². The van der Waals surface area contributed by atoms with Crippen molar-refractivity contribution in [3.05, 3.63) is 29.6 Å². The number of likely N-dealkylation sites (tertiary alicyclic amines) is 1. The van der Waals surface area contributed by atoms with Gasteiger partial charge in [-0.3, -0.25) is 9.59 Å². The van der Waals surface area contributed by atoms with E-state index in [9.17, 15) is 14.0 Å². The number of nitrogens with one attached hydrogen (secondary N) is 1. The first-order valence-electron chi connectivity index (χ1n) is 7.86. The number of rotatable bonds is 4. The molecule has 0 aliphatic carbocycles. The number of carbonyl (C=O) groups excluding carboxylic acids is 2. The van der Waals surface area contributed by atoms with Crippen LogP contribution in [0.2, 0.25) is 0 Å². The summed E-state index contributed by atoms with van der Waals surface area (Å²) in [5.74, 6) is -0.577.